The Hall–Kier alpha value is -3.42. The minimum absolute atomic E-state index is 0.0277. The second-order valence-corrected chi connectivity index (χ2v) is 12.6. The first-order valence-electron chi connectivity index (χ1n) is 15.2. The van der Waals surface area contributed by atoms with Gasteiger partial charge in [0.2, 0.25) is 0 Å². The van der Waals surface area contributed by atoms with E-state index in [0.29, 0.717) is 13.2 Å². The van der Waals surface area contributed by atoms with Crippen LogP contribution in [-0.2, 0) is 19.1 Å². The zero-order valence-electron chi connectivity index (χ0n) is 27.8. The highest BCUT2D eigenvalue weighted by Gasteiger charge is 2.41. The molecule has 0 saturated heterocycles. The summed E-state index contributed by atoms with van der Waals surface area (Å²) >= 11 is 0. The molecular weight excluding hydrogens is 548 g/mol. The van der Waals surface area contributed by atoms with Crippen LogP contribution in [0.1, 0.15) is 121 Å². The van der Waals surface area contributed by atoms with Gasteiger partial charge in [0.25, 0.3) is 0 Å². The van der Waals surface area contributed by atoms with Crippen LogP contribution in [0.2, 0.25) is 0 Å². The first kappa shape index (κ1) is 37.6. The predicted octanol–water partition coefficient (Wildman–Crippen LogP) is 8.04. The molecule has 8 nitrogen and oxygen atoms in total. The molecule has 2 aliphatic carbocycles. The Labute approximate surface area is 257 Å². The van der Waals surface area contributed by atoms with Crippen molar-refractivity contribution >= 4 is 23.9 Å². The van der Waals surface area contributed by atoms with Gasteiger partial charge in [-0.05, 0) is 95.2 Å². The van der Waals surface area contributed by atoms with Gasteiger partial charge in [-0.2, -0.15) is 0 Å². The van der Waals surface area contributed by atoms with Crippen molar-refractivity contribution in [2.24, 2.45) is 22.7 Å². The van der Waals surface area contributed by atoms with E-state index in [1.54, 1.807) is 0 Å². The minimum Gasteiger partial charge on any atom is -0.478 e. The molecule has 3 rings (SSSR count). The Kier molecular flexibility index (Phi) is 14.4. The fourth-order valence-electron chi connectivity index (χ4n) is 5.94. The van der Waals surface area contributed by atoms with Crippen molar-refractivity contribution in [2.75, 3.05) is 13.2 Å². The van der Waals surface area contributed by atoms with Gasteiger partial charge in [-0.3, -0.25) is 9.59 Å². The van der Waals surface area contributed by atoms with Gasteiger partial charge in [0, 0.05) is 0 Å². The second-order valence-electron chi connectivity index (χ2n) is 12.6. The summed E-state index contributed by atoms with van der Waals surface area (Å²) in [6, 6.07) is 4.17. The Morgan fingerprint density at radius 3 is 1.70 bits per heavy atom. The third kappa shape index (κ3) is 10.1. The van der Waals surface area contributed by atoms with E-state index in [1.807, 2.05) is 13.8 Å². The van der Waals surface area contributed by atoms with Gasteiger partial charge >= 0.3 is 23.9 Å². The number of carboxylic acids is 2. The predicted molar refractivity (Wildman–Crippen MR) is 168 cm³/mol. The van der Waals surface area contributed by atoms with Crippen LogP contribution in [0.5, 0.6) is 0 Å². The molecule has 0 bridgehead atoms. The van der Waals surface area contributed by atoms with Gasteiger partial charge in [0.05, 0.1) is 36.2 Å². The molecule has 1 aromatic carbocycles. The number of aromatic carboxylic acids is 2. The van der Waals surface area contributed by atoms with Gasteiger partial charge < -0.3 is 19.7 Å². The van der Waals surface area contributed by atoms with Gasteiger partial charge in [-0.15, -0.1) is 0 Å². The molecule has 0 saturated carbocycles. The van der Waals surface area contributed by atoms with Crippen LogP contribution in [-0.4, -0.2) is 47.3 Å². The van der Waals surface area contributed by atoms with Crippen molar-refractivity contribution in [1.29, 1.82) is 0 Å². The average molecular weight is 601 g/mol. The van der Waals surface area contributed by atoms with Crippen molar-refractivity contribution in [2.45, 2.75) is 101 Å². The number of hydrogen-bond acceptors (Lipinski definition) is 6. The van der Waals surface area contributed by atoms with Gasteiger partial charge in [0.1, 0.15) is 0 Å². The summed E-state index contributed by atoms with van der Waals surface area (Å²) < 4.78 is 10.3. The Morgan fingerprint density at radius 1 is 0.791 bits per heavy atom. The standard InChI is InChI=1S/2C13H22O2.C9H8O4/c1-6-15-12(14)11-10(3)9(2)7-8-13(11,4)5;1-5-10-8-7-9-13(3,4)11(10)12(14)15-6-2;1-5-6(8(10)11)3-2-4-7(5)9(12)13/h11H,6-8H2,1-5H3;8,11H,5-7,9H2,1-4H3;2-4H,1H3,(H,10,11)(H,12,13). The molecule has 0 aromatic heterocycles. The minimum atomic E-state index is -1.11. The molecule has 43 heavy (non-hydrogen) atoms. The lowest BCUT2D eigenvalue weighted by Crippen LogP contribution is -2.36. The van der Waals surface area contributed by atoms with E-state index in [0.717, 1.165) is 32.1 Å². The molecule has 0 heterocycles. The summed E-state index contributed by atoms with van der Waals surface area (Å²) in [7, 11) is 0. The summed E-state index contributed by atoms with van der Waals surface area (Å²) in [6.45, 7) is 21.1. The summed E-state index contributed by atoms with van der Waals surface area (Å²) in [5, 5.41) is 17.4. The molecule has 0 spiro atoms. The molecular formula is C35H52O8. The van der Waals surface area contributed by atoms with E-state index < -0.39 is 11.9 Å². The van der Waals surface area contributed by atoms with Crippen LogP contribution in [0, 0.1) is 29.6 Å². The van der Waals surface area contributed by atoms with Crippen molar-refractivity contribution in [3.05, 3.63) is 57.7 Å². The van der Waals surface area contributed by atoms with E-state index in [9.17, 15) is 19.2 Å². The molecule has 240 valence electrons. The fraction of sp³-hybridized carbons (Fsp3) is 0.600. The SMILES string of the molecule is CCOC(=O)C1C(C)=C(C)CCC1(C)C.CCOC(=O)C1C(CC)=CCCC1(C)C.Cc1c(C(=O)O)cccc1C(=O)O. The Bertz CT molecular complexity index is 1190. The van der Waals surface area contributed by atoms with Crippen LogP contribution >= 0.6 is 0 Å². The van der Waals surface area contributed by atoms with Crippen LogP contribution in [0.3, 0.4) is 0 Å². The first-order valence-corrected chi connectivity index (χ1v) is 15.2. The molecule has 8 heteroatoms. The number of hydrogen-bond donors (Lipinski definition) is 2. The van der Waals surface area contributed by atoms with E-state index in [2.05, 4.69) is 54.5 Å². The van der Waals surface area contributed by atoms with E-state index in [4.69, 9.17) is 19.7 Å². The van der Waals surface area contributed by atoms with E-state index >= 15 is 0 Å². The molecule has 0 radical (unpaired) electrons. The quantitative estimate of drug-likeness (QED) is 0.238. The van der Waals surface area contributed by atoms with E-state index in [-0.39, 0.29) is 51.3 Å². The summed E-state index contributed by atoms with van der Waals surface area (Å²) in [5.74, 6) is -2.40. The molecule has 0 aliphatic heterocycles. The lowest BCUT2D eigenvalue weighted by atomic mass is 9.66. The maximum Gasteiger partial charge on any atom is 0.335 e. The van der Waals surface area contributed by atoms with Crippen molar-refractivity contribution in [3.8, 4) is 0 Å². The van der Waals surface area contributed by atoms with Crippen LogP contribution in [0.25, 0.3) is 0 Å². The normalized spacial score (nSPS) is 20.3. The number of carboxylic acid groups (broad SMARTS) is 2. The van der Waals surface area contributed by atoms with Crippen LogP contribution in [0.4, 0.5) is 0 Å². The highest BCUT2D eigenvalue weighted by molar-refractivity contribution is 5.96. The number of rotatable bonds is 7. The highest BCUT2D eigenvalue weighted by Crippen LogP contribution is 2.44. The largest absolute Gasteiger partial charge is 0.478 e. The van der Waals surface area contributed by atoms with Crippen LogP contribution in [0.15, 0.2) is 41.0 Å². The number of ether oxygens (including phenoxy) is 2. The van der Waals surface area contributed by atoms with Crippen molar-refractivity contribution in [3.63, 3.8) is 0 Å². The Balaban J connectivity index is 0.000000324. The number of carbonyl (C=O) groups is 4. The number of carbonyl (C=O) groups excluding carboxylic acids is 2. The zero-order chi connectivity index (χ0) is 33.1. The molecule has 1 aromatic rings. The fourth-order valence-corrected chi connectivity index (χ4v) is 5.94. The molecule has 2 unspecified atom stereocenters. The van der Waals surface area contributed by atoms with Crippen LogP contribution < -0.4 is 0 Å². The highest BCUT2D eigenvalue weighted by atomic mass is 16.5. The van der Waals surface area contributed by atoms with Crippen molar-refractivity contribution < 1.29 is 38.9 Å². The first-order chi connectivity index (χ1) is 20.0. The summed E-state index contributed by atoms with van der Waals surface area (Å²) in [6.07, 6.45) is 7.50. The van der Waals surface area contributed by atoms with Gasteiger partial charge in [-0.25, -0.2) is 9.59 Å². The molecule has 2 aliphatic rings. The Morgan fingerprint density at radius 2 is 1.26 bits per heavy atom. The maximum atomic E-state index is 11.9. The topological polar surface area (TPSA) is 127 Å². The average Bonchev–Trinajstić information content (AvgIpc) is 2.91. The smallest absolute Gasteiger partial charge is 0.335 e. The number of allylic oxidation sites excluding steroid dienone is 2. The third-order valence-electron chi connectivity index (χ3n) is 8.63. The monoisotopic (exact) mass is 600 g/mol. The number of esters is 2. The third-order valence-corrected chi connectivity index (χ3v) is 8.63. The molecule has 0 amide bonds. The number of benzene rings is 1. The maximum absolute atomic E-state index is 11.9. The summed E-state index contributed by atoms with van der Waals surface area (Å²) in [4.78, 5) is 45.0. The molecule has 2 atom stereocenters. The molecule has 0 fully saturated rings. The van der Waals surface area contributed by atoms with E-state index in [1.165, 1.54) is 41.8 Å². The molecule has 2 N–H and O–H groups in total. The zero-order valence-corrected chi connectivity index (χ0v) is 27.8. The lowest BCUT2D eigenvalue weighted by Gasteiger charge is -2.38. The lowest BCUT2D eigenvalue weighted by molar-refractivity contribution is -0.151. The van der Waals surface area contributed by atoms with Gasteiger partial charge in [0.15, 0.2) is 0 Å². The second kappa shape index (κ2) is 16.4. The van der Waals surface area contributed by atoms with Crippen molar-refractivity contribution in [1.82, 2.24) is 0 Å². The van der Waals surface area contributed by atoms with Gasteiger partial charge in [-0.1, -0.05) is 63.5 Å². The summed E-state index contributed by atoms with van der Waals surface area (Å²) in [5.41, 5.74) is 4.24.